The molecule has 0 heterocycles. The minimum atomic E-state index is -0.333. The highest BCUT2D eigenvalue weighted by molar-refractivity contribution is 5.70. The highest BCUT2D eigenvalue weighted by atomic mass is 16.6. The average molecular weight is 275 g/mol. The van der Waals surface area contributed by atoms with E-state index in [-0.39, 0.29) is 17.6 Å². The predicted molar refractivity (Wildman–Crippen MR) is 81.2 cm³/mol. The monoisotopic (exact) mass is 275 g/mol. The van der Waals surface area contributed by atoms with Crippen LogP contribution in [0.5, 0.6) is 5.75 Å². The molecule has 0 aromatic heterocycles. The van der Waals surface area contributed by atoms with E-state index in [4.69, 9.17) is 4.74 Å². The zero-order valence-electron chi connectivity index (χ0n) is 12.7. The van der Waals surface area contributed by atoms with Crippen molar-refractivity contribution in [3.8, 4) is 5.75 Å². The Hall–Kier alpha value is -1.51. The van der Waals surface area contributed by atoms with Gasteiger partial charge in [-0.25, -0.2) is 4.79 Å². The van der Waals surface area contributed by atoms with Gasteiger partial charge in [0, 0.05) is 6.04 Å². The van der Waals surface area contributed by atoms with Crippen molar-refractivity contribution in [3.63, 3.8) is 0 Å². The van der Waals surface area contributed by atoms with Gasteiger partial charge < -0.3 is 10.1 Å². The minimum absolute atomic E-state index is 0.114. The maximum atomic E-state index is 11.8. The quantitative estimate of drug-likeness (QED) is 0.868. The SMILES string of the molecule is CC(C)(C)c1ccc(OC(=O)NC2CCCCC2)cc1. The van der Waals surface area contributed by atoms with Crippen LogP contribution in [0.4, 0.5) is 4.79 Å². The molecule has 3 heteroatoms. The lowest BCUT2D eigenvalue weighted by Crippen LogP contribution is -2.38. The molecule has 1 aromatic carbocycles. The smallest absolute Gasteiger partial charge is 0.410 e. The van der Waals surface area contributed by atoms with Crippen LogP contribution >= 0.6 is 0 Å². The lowest BCUT2D eigenvalue weighted by Gasteiger charge is -2.22. The van der Waals surface area contributed by atoms with Crippen LogP contribution in [-0.2, 0) is 5.41 Å². The molecule has 110 valence electrons. The second-order valence-corrected chi connectivity index (χ2v) is 6.64. The van der Waals surface area contributed by atoms with E-state index in [1.165, 1.54) is 24.8 Å². The summed E-state index contributed by atoms with van der Waals surface area (Å²) in [4.78, 5) is 11.8. The molecule has 20 heavy (non-hydrogen) atoms. The maximum Gasteiger partial charge on any atom is 0.412 e. The van der Waals surface area contributed by atoms with Crippen molar-refractivity contribution in [2.75, 3.05) is 0 Å². The lowest BCUT2D eigenvalue weighted by molar-refractivity contribution is 0.192. The normalized spacial score (nSPS) is 16.8. The van der Waals surface area contributed by atoms with Crippen LogP contribution in [0.15, 0.2) is 24.3 Å². The van der Waals surface area contributed by atoms with Gasteiger partial charge in [-0.3, -0.25) is 0 Å². The Balaban J connectivity index is 1.87. The molecule has 0 unspecified atom stereocenters. The Morgan fingerprint density at radius 3 is 2.25 bits per heavy atom. The zero-order chi connectivity index (χ0) is 14.6. The van der Waals surface area contributed by atoms with E-state index in [1.807, 2.05) is 24.3 Å². The first-order valence-corrected chi connectivity index (χ1v) is 7.54. The molecule has 0 aliphatic heterocycles. The largest absolute Gasteiger partial charge is 0.412 e. The lowest BCUT2D eigenvalue weighted by atomic mass is 9.87. The molecule has 1 saturated carbocycles. The molecule has 0 atom stereocenters. The van der Waals surface area contributed by atoms with Crippen molar-refractivity contribution in [1.29, 1.82) is 0 Å². The Morgan fingerprint density at radius 2 is 1.70 bits per heavy atom. The van der Waals surface area contributed by atoms with Crippen LogP contribution < -0.4 is 10.1 Å². The molecule has 0 saturated heterocycles. The Morgan fingerprint density at radius 1 is 1.10 bits per heavy atom. The van der Waals surface area contributed by atoms with E-state index in [0.29, 0.717) is 5.75 Å². The maximum absolute atomic E-state index is 11.8. The topological polar surface area (TPSA) is 38.3 Å². The summed E-state index contributed by atoms with van der Waals surface area (Å²) < 4.78 is 5.33. The first kappa shape index (κ1) is 14.9. The zero-order valence-corrected chi connectivity index (χ0v) is 12.7. The van der Waals surface area contributed by atoms with Crippen LogP contribution in [0.3, 0.4) is 0 Å². The van der Waals surface area contributed by atoms with E-state index < -0.39 is 0 Å². The van der Waals surface area contributed by atoms with Gasteiger partial charge >= 0.3 is 6.09 Å². The Kier molecular flexibility index (Phi) is 4.69. The van der Waals surface area contributed by atoms with Gasteiger partial charge in [0.25, 0.3) is 0 Å². The fraction of sp³-hybridized carbons (Fsp3) is 0.588. The van der Waals surface area contributed by atoms with E-state index in [0.717, 1.165) is 12.8 Å². The summed E-state index contributed by atoms with van der Waals surface area (Å²) in [6.07, 6.45) is 5.48. The van der Waals surface area contributed by atoms with Gasteiger partial charge in [0.05, 0.1) is 0 Å². The van der Waals surface area contributed by atoms with Crippen molar-refractivity contribution >= 4 is 6.09 Å². The summed E-state index contributed by atoms with van der Waals surface area (Å²) in [5.41, 5.74) is 1.35. The fourth-order valence-corrected chi connectivity index (χ4v) is 2.57. The summed E-state index contributed by atoms with van der Waals surface area (Å²) in [5, 5.41) is 2.95. The van der Waals surface area contributed by atoms with Gasteiger partial charge in [0.2, 0.25) is 0 Å². The van der Waals surface area contributed by atoms with Crippen molar-refractivity contribution in [1.82, 2.24) is 5.32 Å². The number of rotatable bonds is 2. The molecule has 0 spiro atoms. The molecule has 2 rings (SSSR count). The highest BCUT2D eigenvalue weighted by Gasteiger charge is 2.17. The van der Waals surface area contributed by atoms with Crippen molar-refractivity contribution < 1.29 is 9.53 Å². The first-order chi connectivity index (χ1) is 9.45. The molecule has 1 aliphatic rings. The molecular weight excluding hydrogens is 250 g/mol. The summed E-state index contributed by atoms with van der Waals surface area (Å²) in [7, 11) is 0. The first-order valence-electron chi connectivity index (χ1n) is 7.54. The molecule has 1 aromatic rings. The number of nitrogens with one attached hydrogen (secondary N) is 1. The number of carbonyl (C=O) groups excluding carboxylic acids is 1. The van der Waals surface area contributed by atoms with E-state index >= 15 is 0 Å². The van der Waals surface area contributed by atoms with Gasteiger partial charge in [-0.05, 0) is 36.0 Å². The third kappa shape index (κ3) is 4.26. The van der Waals surface area contributed by atoms with Crippen molar-refractivity contribution in [2.24, 2.45) is 0 Å². The van der Waals surface area contributed by atoms with Crippen LogP contribution in [0.25, 0.3) is 0 Å². The van der Waals surface area contributed by atoms with Crippen LogP contribution in [0, 0.1) is 0 Å². The molecule has 1 fully saturated rings. The predicted octanol–water partition coefficient (Wildman–Crippen LogP) is 4.41. The van der Waals surface area contributed by atoms with Crippen molar-refractivity contribution in [2.45, 2.75) is 64.3 Å². The average Bonchev–Trinajstić information content (AvgIpc) is 2.39. The Bertz CT molecular complexity index is 439. The van der Waals surface area contributed by atoms with E-state index in [2.05, 4.69) is 26.1 Å². The summed E-state index contributed by atoms with van der Waals surface area (Å²) >= 11 is 0. The number of hydrogen-bond acceptors (Lipinski definition) is 2. The summed E-state index contributed by atoms with van der Waals surface area (Å²) in [6.45, 7) is 6.50. The van der Waals surface area contributed by atoms with E-state index in [9.17, 15) is 4.79 Å². The molecule has 1 N–H and O–H groups in total. The summed E-state index contributed by atoms with van der Waals surface area (Å²) in [5.74, 6) is 0.603. The molecule has 1 amide bonds. The number of benzene rings is 1. The number of carbonyl (C=O) groups is 1. The van der Waals surface area contributed by atoms with Gasteiger partial charge in [0.15, 0.2) is 0 Å². The van der Waals surface area contributed by atoms with Crippen LogP contribution in [0.1, 0.15) is 58.4 Å². The standard InChI is InChI=1S/C17H25NO2/c1-17(2,3)13-9-11-15(12-10-13)20-16(19)18-14-7-5-4-6-8-14/h9-12,14H,4-8H2,1-3H3,(H,18,19). The number of ether oxygens (including phenoxy) is 1. The van der Waals surface area contributed by atoms with Crippen LogP contribution in [-0.4, -0.2) is 12.1 Å². The molecule has 0 bridgehead atoms. The van der Waals surface area contributed by atoms with Gasteiger partial charge in [-0.2, -0.15) is 0 Å². The highest BCUT2D eigenvalue weighted by Crippen LogP contribution is 2.24. The third-order valence-corrected chi connectivity index (χ3v) is 3.86. The second kappa shape index (κ2) is 6.29. The molecule has 0 radical (unpaired) electrons. The van der Waals surface area contributed by atoms with Gasteiger partial charge in [-0.1, -0.05) is 52.2 Å². The Labute approximate surface area is 121 Å². The molecule has 3 nitrogen and oxygen atoms in total. The van der Waals surface area contributed by atoms with Crippen LogP contribution in [0.2, 0.25) is 0 Å². The summed E-state index contributed by atoms with van der Waals surface area (Å²) in [6, 6.07) is 8.04. The minimum Gasteiger partial charge on any atom is -0.410 e. The van der Waals surface area contributed by atoms with Gasteiger partial charge in [-0.15, -0.1) is 0 Å². The van der Waals surface area contributed by atoms with Gasteiger partial charge in [0.1, 0.15) is 5.75 Å². The molecular formula is C17H25NO2. The number of amides is 1. The third-order valence-electron chi connectivity index (χ3n) is 3.86. The van der Waals surface area contributed by atoms with Crippen molar-refractivity contribution in [3.05, 3.63) is 29.8 Å². The fourth-order valence-electron chi connectivity index (χ4n) is 2.57. The number of hydrogen-bond donors (Lipinski definition) is 1. The van der Waals surface area contributed by atoms with E-state index in [1.54, 1.807) is 0 Å². The molecule has 1 aliphatic carbocycles. The second-order valence-electron chi connectivity index (χ2n) is 6.64.